The van der Waals surface area contributed by atoms with Crippen molar-refractivity contribution in [2.45, 2.75) is 88.0 Å². The van der Waals surface area contributed by atoms with Gasteiger partial charge in [0.1, 0.15) is 0 Å². The Balaban J connectivity index is 1.50. The molecule has 0 spiro atoms. The van der Waals surface area contributed by atoms with Gasteiger partial charge in [0.2, 0.25) is 0 Å². The number of rotatable bonds is 9. The molecule has 0 amide bonds. The third-order valence-corrected chi connectivity index (χ3v) is 16.3. The third kappa shape index (κ3) is 6.78. The fraction of sp³-hybridized carbons (Fsp3) is 0.562. The summed E-state index contributed by atoms with van der Waals surface area (Å²) in [6.45, 7) is 12.3. The molecule has 4 rings (SSSR count). The summed E-state index contributed by atoms with van der Waals surface area (Å²) in [5, 5.41) is 2.71. The minimum atomic E-state index is -2.50. The number of benzene rings is 2. The molecule has 5 heteroatoms. The molecule has 0 unspecified atom stereocenters. The predicted octanol–water partition coefficient (Wildman–Crippen LogP) is 7.67. The average molecular weight is 555 g/mol. The SMILES string of the molecule is C/C=C/C1(C[C@H]2CC[C@@H](C)[C@@H](CCO[Si](c3ccccc3)(c3ccccc3)C(C)(C)C)O2)SCCCS1. The number of allylic oxidation sites excluding steroid dienone is 1. The third-order valence-electron chi connectivity index (χ3n) is 8.00. The molecule has 37 heavy (non-hydrogen) atoms. The highest BCUT2D eigenvalue weighted by Gasteiger charge is 2.50. The lowest BCUT2D eigenvalue weighted by Gasteiger charge is -2.44. The second kappa shape index (κ2) is 12.9. The van der Waals surface area contributed by atoms with Gasteiger partial charge in [-0.25, -0.2) is 0 Å². The van der Waals surface area contributed by atoms with E-state index in [0.29, 0.717) is 12.0 Å². The molecule has 0 aliphatic carbocycles. The zero-order valence-corrected chi connectivity index (χ0v) is 26.1. The molecule has 2 aromatic rings. The summed E-state index contributed by atoms with van der Waals surface area (Å²) in [6, 6.07) is 22.0. The molecule has 202 valence electrons. The second-order valence-electron chi connectivity index (χ2n) is 11.7. The first-order valence-corrected chi connectivity index (χ1v) is 18.0. The molecule has 2 fully saturated rings. The van der Waals surface area contributed by atoms with Crippen LogP contribution >= 0.6 is 23.5 Å². The van der Waals surface area contributed by atoms with E-state index in [0.717, 1.165) is 19.4 Å². The van der Waals surface area contributed by atoms with Crippen LogP contribution in [0.2, 0.25) is 5.04 Å². The Kier molecular flexibility index (Phi) is 10.1. The summed E-state index contributed by atoms with van der Waals surface area (Å²) in [4.78, 5) is 0. The molecule has 0 N–H and O–H groups in total. The molecule has 0 saturated carbocycles. The Morgan fingerprint density at radius 2 is 1.57 bits per heavy atom. The van der Waals surface area contributed by atoms with Gasteiger partial charge in [0.15, 0.2) is 0 Å². The monoisotopic (exact) mass is 554 g/mol. The maximum Gasteiger partial charge on any atom is 0.261 e. The fourth-order valence-electron chi connectivity index (χ4n) is 6.12. The van der Waals surface area contributed by atoms with E-state index in [1.165, 1.54) is 41.1 Å². The molecule has 2 heterocycles. The Labute approximate surface area is 235 Å². The minimum Gasteiger partial charge on any atom is -0.407 e. The topological polar surface area (TPSA) is 18.5 Å². The highest BCUT2D eigenvalue weighted by Crippen LogP contribution is 2.48. The second-order valence-corrected chi connectivity index (χ2v) is 19.1. The lowest BCUT2D eigenvalue weighted by Crippen LogP contribution is -2.66. The first-order chi connectivity index (χ1) is 17.8. The molecular weight excluding hydrogens is 509 g/mol. The van der Waals surface area contributed by atoms with E-state index in [9.17, 15) is 0 Å². The van der Waals surface area contributed by atoms with E-state index in [1.54, 1.807) is 0 Å². The highest BCUT2D eigenvalue weighted by molar-refractivity contribution is 8.19. The lowest BCUT2D eigenvalue weighted by molar-refractivity contribution is -0.0882. The Hall–Kier alpha value is -0.983. The van der Waals surface area contributed by atoms with Crippen LogP contribution in [0.3, 0.4) is 0 Å². The van der Waals surface area contributed by atoms with Gasteiger partial charge in [-0.2, -0.15) is 0 Å². The molecule has 0 aromatic heterocycles. The summed E-state index contributed by atoms with van der Waals surface area (Å²) >= 11 is 4.25. The maximum absolute atomic E-state index is 7.20. The number of ether oxygens (including phenoxy) is 1. The van der Waals surface area contributed by atoms with Crippen molar-refractivity contribution < 1.29 is 9.16 Å². The van der Waals surface area contributed by atoms with E-state index in [-0.39, 0.29) is 15.2 Å². The van der Waals surface area contributed by atoms with Crippen molar-refractivity contribution >= 4 is 42.2 Å². The molecule has 3 atom stereocenters. The first kappa shape index (κ1) is 29.0. The summed E-state index contributed by atoms with van der Waals surface area (Å²) in [5.74, 6) is 3.09. The van der Waals surface area contributed by atoms with Gasteiger partial charge in [-0.3, -0.25) is 0 Å². The van der Waals surface area contributed by atoms with Crippen LogP contribution in [0.4, 0.5) is 0 Å². The summed E-state index contributed by atoms with van der Waals surface area (Å²) in [6.07, 6.45) is 11.1. The van der Waals surface area contributed by atoms with Crippen LogP contribution in [0.25, 0.3) is 0 Å². The quantitative estimate of drug-likeness (QED) is 0.234. The summed E-state index contributed by atoms with van der Waals surface area (Å²) < 4.78 is 14.2. The number of hydrogen-bond acceptors (Lipinski definition) is 4. The van der Waals surface area contributed by atoms with Crippen LogP contribution in [0.5, 0.6) is 0 Å². The van der Waals surface area contributed by atoms with Crippen LogP contribution in [-0.2, 0) is 9.16 Å². The molecule has 0 radical (unpaired) electrons. The van der Waals surface area contributed by atoms with Gasteiger partial charge >= 0.3 is 0 Å². The zero-order valence-electron chi connectivity index (χ0n) is 23.5. The van der Waals surface area contributed by atoms with Gasteiger partial charge in [-0.15, -0.1) is 23.5 Å². The smallest absolute Gasteiger partial charge is 0.261 e. The summed E-state index contributed by atoms with van der Waals surface area (Å²) in [5.41, 5.74) is 0. The predicted molar refractivity (Wildman–Crippen MR) is 167 cm³/mol. The van der Waals surface area contributed by atoms with Gasteiger partial charge in [0.05, 0.1) is 16.3 Å². The lowest BCUT2D eigenvalue weighted by atomic mass is 9.90. The van der Waals surface area contributed by atoms with E-state index in [2.05, 4.69) is 131 Å². The van der Waals surface area contributed by atoms with Crippen molar-refractivity contribution in [3.05, 3.63) is 72.8 Å². The average Bonchev–Trinajstić information content (AvgIpc) is 2.89. The van der Waals surface area contributed by atoms with Crippen molar-refractivity contribution in [1.82, 2.24) is 0 Å². The Morgan fingerprint density at radius 3 is 2.11 bits per heavy atom. The van der Waals surface area contributed by atoms with E-state index in [4.69, 9.17) is 9.16 Å². The summed E-state index contributed by atoms with van der Waals surface area (Å²) in [7, 11) is -2.50. The molecule has 2 saturated heterocycles. The van der Waals surface area contributed by atoms with Gasteiger partial charge in [0.25, 0.3) is 8.32 Å². The molecular formula is C32H46O2S2Si. The zero-order chi connectivity index (χ0) is 26.4. The van der Waals surface area contributed by atoms with Crippen molar-refractivity contribution in [1.29, 1.82) is 0 Å². The number of thioether (sulfide) groups is 2. The molecule has 2 aliphatic rings. The fourth-order valence-corrected chi connectivity index (χ4v) is 14.1. The molecule has 2 nitrogen and oxygen atoms in total. The first-order valence-electron chi connectivity index (χ1n) is 14.1. The van der Waals surface area contributed by atoms with Gasteiger partial charge in [-0.05, 0) is 65.4 Å². The van der Waals surface area contributed by atoms with Crippen molar-refractivity contribution in [2.75, 3.05) is 18.1 Å². The van der Waals surface area contributed by atoms with Crippen LogP contribution in [0, 0.1) is 5.92 Å². The standard InChI is InChI=1S/C32H46O2S2Si/c1-6-21-32(35-23-13-24-36-32)25-27-19-18-26(2)30(34-27)20-22-33-37(31(3,4)5,28-14-9-7-10-15-28)29-16-11-8-12-17-29/h6-12,14-17,21,26-27,30H,13,18-20,22-25H2,1-5H3/b21-6+/t26-,27-,30-/m1/s1. The molecule has 2 aromatic carbocycles. The maximum atomic E-state index is 7.20. The Morgan fingerprint density at radius 1 is 0.973 bits per heavy atom. The van der Waals surface area contributed by atoms with Crippen LogP contribution in [0.1, 0.15) is 66.7 Å². The van der Waals surface area contributed by atoms with Crippen LogP contribution in [-0.4, -0.2) is 42.7 Å². The van der Waals surface area contributed by atoms with Gasteiger partial charge in [0, 0.05) is 13.0 Å². The normalized spacial score (nSPS) is 24.8. The van der Waals surface area contributed by atoms with Crippen molar-refractivity contribution in [3.63, 3.8) is 0 Å². The van der Waals surface area contributed by atoms with Crippen molar-refractivity contribution in [2.24, 2.45) is 5.92 Å². The van der Waals surface area contributed by atoms with Crippen LogP contribution in [0.15, 0.2) is 72.8 Å². The minimum absolute atomic E-state index is 0.00553. The number of hydrogen-bond donors (Lipinski definition) is 0. The van der Waals surface area contributed by atoms with E-state index in [1.807, 2.05) is 0 Å². The van der Waals surface area contributed by atoms with Crippen LogP contribution < -0.4 is 10.4 Å². The van der Waals surface area contributed by atoms with E-state index >= 15 is 0 Å². The van der Waals surface area contributed by atoms with Gasteiger partial charge in [-0.1, -0.05) is 101 Å². The van der Waals surface area contributed by atoms with Gasteiger partial charge < -0.3 is 9.16 Å². The molecule has 0 bridgehead atoms. The molecule has 2 aliphatic heterocycles. The van der Waals surface area contributed by atoms with Crippen molar-refractivity contribution in [3.8, 4) is 0 Å². The Bertz CT molecular complexity index is 943. The van der Waals surface area contributed by atoms with E-state index < -0.39 is 8.32 Å². The largest absolute Gasteiger partial charge is 0.407 e. The highest BCUT2D eigenvalue weighted by atomic mass is 32.2.